The summed E-state index contributed by atoms with van der Waals surface area (Å²) in [6, 6.07) is 0. The number of hydrogen-bond donors (Lipinski definition) is 1. The summed E-state index contributed by atoms with van der Waals surface area (Å²) in [6.45, 7) is 3.58. The van der Waals surface area contributed by atoms with Gasteiger partial charge in [-0.1, -0.05) is 22.7 Å². The molecule has 1 amide bonds. The molecule has 0 aromatic carbocycles. The van der Waals surface area contributed by atoms with E-state index in [1.807, 2.05) is 6.92 Å². The first kappa shape index (κ1) is 14.5. The molecule has 2 aromatic heterocycles. The van der Waals surface area contributed by atoms with E-state index in [1.54, 1.807) is 6.92 Å². The number of carbonyl (C=O) groups is 2. The Hall–Kier alpha value is -1.87. The summed E-state index contributed by atoms with van der Waals surface area (Å²) in [6.07, 6.45) is 0.629. The topological polar surface area (TPSA) is 94.1 Å². The Morgan fingerprint density at radius 1 is 1.35 bits per heavy atom. The van der Waals surface area contributed by atoms with Gasteiger partial charge in [0, 0.05) is 0 Å². The highest BCUT2D eigenvalue weighted by Crippen LogP contribution is 2.24. The van der Waals surface area contributed by atoms with Gasteiger partial charge in [0.1, 0.15) is 9.75 Å². The van der Waals surface area contributed by atoms with Crippen LogP contribution in [0.3, 0.4) is 0 Å². The van der Waals surface area contributed by atoms with E-state index >= 15 is 0 Å². The average Bonchev–Trinajstić information content (AvgIpc) is 3.04. The fourth-order valence-electron chi connectivity index (χ4n) is 1.50. The summed E-state index contributed by atoms with van der Waals surface area (Å²) >= 11 is 2.11. The van der Waals surface area contributed by atoms with Crippen LogP contribution in [0.4, 0.5) is 5.13 Å². The molecule has 0 radical (unpaired) electrons. The molecule has 0 aliphatic carbocycles. The molecule has 0 aliphatic heterocycles. The first-order chi connectivity index (χ1) is 9.56. The molecule has 0 fully saturated rings. The lowest BCUT2D eigenvalue weighted by molar-refractivity contribution is 0.0605. The third-order valence-corrected chi connectivity index (χ3v) is 4.30. The monoisotopic (exact) mass is 312 g/mol. The van der Waals surface area contributed by atoms with E-state index in [4.69, 9.17) is 0 Å². The molecule has 9 heteroatoms. The summed E-state index contributed by atoms with van der Waals surface area (Å²) in [7, 11) is 1.30. The molecule has 0 spiro atoms. The number of nitrogens with one attached hydrogen (secondary N) is 1. The zero-order chi connectivity index (χ0) is 14.7. The van der Waals surface area contributed by atoms with Crippen LogP contribution < -0.4 is 5.32 Å². The fourth-order valence-corrected chi connectivity index (χ4v) is 3.02. The number of hydrogen-bond acceptors (Lipinski definition) is 8. The van der Waals surface area contributed by atoms with Gasteiger partial charge in [0.15, 0.2) is 5.13 Å². The number of rotatable bonds is 4. The van der Waals surface area contributed by atoms with Crippen LogP contribution in [0.25, 0.3) is 0 Å². The third-order valence-electron chi connectivity index (χ3n) is 2.48. The number of aromatic nitrogens is 3. The van der Waals surface area contributed by atoms with Crippen LogP contribution in [0.1, 0.15) is 37.7 Å². The molecule has 2 aromatic rings. The molecule has 106 valence electrons. The van der Waals surface area contributed by atoms with E-state index in [-0.39, 0.29) is 5.91 Å². The van der Waals surface area contributed by atoms with Crippen molar-refractivity contribution in [3.63, 3.8) is 0 Å². The SMILES string of the molecule is CCc1nnsc1C(=O)Nc1nc(C)c(C(=O)OC)s1. The number of ether oxygens (including phenoxy) is 1. The van der Waals surface area contributed by atoms with Gasteiger partial charge in [0.05, 0.1) is 18.5 Å². The van der Waals surface area contributed by atoms with E-state index in [0.717, 1.165) is 22.9 Å². The minimum atomic E-state index is -0.464. The van der Waals surface area contributed by atoms with Crippen LogP contribution >= 0.6 is 22.9 Å². The first-order valence-electron chi connectivity index (χ1n) is 5.75. The summed E-state index contributed by atoms with van der Waals surface area (Å²) < 4.78 is 8.40. The van der Waals surface area contributed by atoms with Crippen LogP contribution in [0.5, 0.6) is 0 Å². The minimum Gasteiger partial charge on any atom is -0.465 e. The number of carbonyl (C=O) groups excluding carboxylic acids is 2. The second-order valence-electron chi connectivity index (χ2n) is 3.78. The molecule has 0 saturated carbocycles. The van der Waals surface area contributed by atoms with Gasteiger partial charge in [0.25, 0.3) is 5.91 Å². The molecule has 0 atom stereocenters. The maximum Gasteiger partial charge on any atom is 0.350 e. The lowest BCUT2D eigenvalue weighted by Crippen LogP contribution is -2.12. The summed E-state index contributed by atoms with van der Waals surface area (Å²) in [4.78, 5) is 28.5. The highest BCUT2D eigenvalue weighted by atomic mass is 32.1. The van der Waals surface area contributed by atoms with Gasteiger partial charge in [-0.3, -0.25) is 10.1 Å². The van der Waals surface area contributed by atoms with E-state index in [9.17, 15) is 9.59 Å². The van der Waals surface area contributed by atoms with E-state index in [1.165, 1.54) is 7.11 Å². The van der Waals surface area contributed by atoms with Crippen molar-refractivity contribution in [2.24, 2.45) is 0 Å². The van der Waals surface area contributed by atoms with E-state index < -0.39 is 5.97 Å². The second kappa shape index (κ2) is 6.06. The van der Waals surface area contributed by atoms with E-state index in [2.05, 4.69) is 24.6 Å². The highest BCUT2D eigenvalue weighted by Gasteiger charge is 2.20. The Kier molecular flexibility index (Phi) is 4.40. The minimum absolute atomic E-state index is 0.318. The predicted octanol–water partition coefficient (Wildman–Crippen LogP) is 1.90. The molecule has 7 nitrogen and oxygen atoms in total. The molecule has 1 N–H and O–H groups in total. The van der Waals surface area contributed by atoms with Crippen molar-refractivity contribution in [2.45, 2.75) is 20.3 Å². The van der Waals surface area contributed by atoms with Crippen molar-refractivity contribution < 1.29 is 14.3 Å². The molecule has 0 aliphatic rings. The maximum absolute atomic E-state index is 12.1. The molecular weight excluding hydrogens is 300 g/mol. The largest absolute Gasteiger partial charge is 0.465 e. The van der Waals surface area contributed by atoms with Crippen molar-refractivity contribution in [3.05, 3.63) is 21.1 Å². The molecule has 20 heavy (non-hydrogen) atoms. The van der Waals surface area contributed by atoms with Crippen molar-refractivity contribution in [3.8, 4) is 0 Å². The fraction of sp³-hybridized carbons (Fsp3) is 0.364. The van der Waals surface area contributed by atoms with Crippen LogP contribution in [-0.2, 0) is 11.2 Å². The zero-order valence-electron chi connectivity index (χ0n) is 11.1. The summed E-state index contributed by atoms with van der Waals surface area (Å²) in [5, 5.41) is 6.88. The Bertz CT molecular complexity index is 650. The molecule has 0 unspecified atom stereocenters. The van der Waals surface area contributed by atoms with Crippen molar-refractivity contribution in [2.75, 3.05) is 12.4 Å². The third kappa shape index (κ3) is 2.83. The number of amides is 1. The van der Waals surface area contributed by atoms with Gasteiger partial charge >= 0.3 is 5.97 Å². The Balaban J connectivity index is 2.18. The van der Waals surface area contributed by atoms with Gasteiger partial charge in [-0.05, 0) is 24.9 Å². The Morgan fingerprint density at radius 3 is 2.75 bits per heavy atom. The summed E-state index contributed by atoms with van der Waals surface area (Å²) in [5.41, 5.74) is 1.17. The molecule has 0 saturated heterocycles. The Labute approximate surface area is 123 Å². The molecule has 2 rings (SSSR count). The van der Waals surface area contributed by atoms with Gasteiger partial charge in [-0.2, -0.15) is 0 Å². The smallest absolute Gasteiger partial charge is 0.350 e. The normalized spacial score (nSPS) is 10.3. The van der Waals surface area contributed by atoms with Crippen molar-refractivity contribution >= 4 is 39.9 Å². The molecular formula is C11H12N4O3S2. The molecule has 0 bridgehead atoms. The van der Waals surface area contributed by atoms with Crippen LogP contribution in [0.15, 0.2) is 0 Å². The van der Waals surface area contributed by atoms with Crippen LogP contribution in [0, 0.1) is 6.92 Å². The first-order valence-corrected chi connectivity index (χ1v) is 7.34. The van der Waals surface area contributed by atoms with Crippen molar-refractivity contribution in [1.29, 1.82) is 0 Å². The number of methoxy groups -OCH3 is 1. The van der Waals surface area contributed by atoms with Crippen molar-refractivity contribution in [1.82, 2.24) is 14.6 Å². The summed E-state index contributed by atoms with van der Waals surface area (Å²) in [5.74, 6) is -0.781. The number of esters is 1. The van der Waals surface area contributed by atoms with Crippen LogP contribution in [0.2, 0.25) is 0 Å². The van der Waals surface area contributed by atoms with Crippen LogP contribution in [-0.4, -0.2) is 33.6 Å². The second-order valence-corrected chi connectivity index (χ2v) is 5.53. The number of anilines is 1. The Morgan fingerprint density at radius 2 is 2.10 bits per heavy atom. The van der Waals surface area contributed by atoms with Gasteiger partial charge in [-0.15, -0.1) is 5.10 Å². The lowest BCUT2D eigenvalue weighted by Gasteiger charge is -1.99. The van der Waals surface area contributed by atoms with E-state index in [0.29, 0.717) is 32.7 Å². The zero-order valence-corrected chi connectivity index (χ0v) is 12.7. The number of thiazole rings is 1. The molecule has 2 heterocycles. The average molecular weight is 312 g/mol. The van der Waals surface area contributed by atoms with Gasteiger partial charge < -0.3 is 4.74 Å². The number of aryl methyl sites for hydroxylation is 2. The maximum atomic E-state index is 12.1. The predicted molar refractivity (Wildman–Crippen MR) is 75.4 cm³/mol. The standard InChI is InChI=1S/C11H12N4O3S2/c1-4-6-8(20-15-14-6)9(16)13-11-12-5(2)7(19-11)10(17)18-3/h4H2,1-3H3,(H,12,13,16). The van der Waals surface area contributed by atoms with Gasteiger partial charge in [-0.25, -0.2) is 9.78 Å². The van der Waals surface area contributed by atoms with Gasteiger partial charge in [0.2, 0.25) is 0 Å². The highest BCUT2D eigenvalue weighted by molar-refractivity contribution is 7.17. The number of nitrogens with zero attached hydrogens (tertiary/aromatic N) is 3. The lowest BCUT2D eigenvalue weighted by atomic mass is 10.3. The quantitative estimate of drug-likeness (QED) is 0.867.